The molecule has 116 valence electrons. The lowest BCUT2D eigenvalue weighted by Gasteiger charge is -2.32. The lowest BCUT2D eigenvalue weighted by atomic mass is 10.1. The van der Waals surface area contributed by atoms with Gasteiger partial charge in [-0.2, -0.15) is 5.10 Å². The highest BCUT2D eigenvalue weighted by molar-refractivity contribution is 6.30. The maximum Gasteiger partial charge on any atom is 0.257 e. The van der Waals surface area contributed by atoms with Crippen LogP contribution >= 0.6 is 11.6 Å². The first-order valence-corrected chi connectivity index (χ1v) is 7.73. The fourth-order valence-electron chi connectivity index (χ4n) is 2.62. The van der Waals surface area contributed by atoms with Gasteiger partial charge in [0, 0.05) is 36.6 Å². The van der Waals surface area contributed by atoms with Crippen LogP contribution in [-0.2, 0) is 0 Å². The van der Waals surface area contributed by atoms with Crippen molar-refractivity contribution in [2.24, 2.45) is 0 Å². The van der Waals surface area contributed by atoms with Crippen LogP contribution in [0.1, 0.15) is 28.9 Å². The molecule has 0 atom stereocenters. The summed E-state index contributed by atoms with van der Waals surface area (Å²) in [4.78, 5) is 14.3. The van der Waals surface area contributed by atoms with Crippen LogP contribution in [0.15, 0.2) is 30.5 Å². The van der Waals surface area contributed by atoms with Crippen LogP contribution in [0.4, 0.5) is 0 Å². The van der Waals surface area contributed by atoms with Crippen LogP contribution in [0, 0.1) is 6.92 Å². The van der Waals surface area contributed by atoms with Crippen LogP contribution in [0.2, 0.25) is 5.02 Å². The third kappa shape index (κ3) is 3.25. The van der Waals surface area contributed by atoms with Crippen molar-refractivity contribution >= 4 is 17.5 Å². The third-order valence-electron chi connectivity index (χ3n) is 3.91. The number of halogens is 1. The zero-order valence-corrected chi connectivity index (χ0v) is 13.1. The molecular weight excluding hydrogens is 302 g/mol. The predicted molar refractivity (Wildman–Crippen MR) is 84.3 cm³/mol. The Balaban J connectivity index is 1.55. The molecule has 1 saturated heterocycles. The molecule has 1 fully saturated rings. The molecule has 6 heteroatoms. The first-order valence-electron chi connectivity index (χ1n) is 7.35. The average Bonchev–Trinajstić information content (AvgIpc) is 2.96. The summed E-state index contributed by atoms with van der Waals surface area (Å²) in [5, 5.41) is 7.41. The van der Waals surface area contributed by atoms with Crippen LogP contribution in [0.5, 0.6) is 5.75 Å². The number of ether oxygens (including phenoxy) is 1. The summed E-state index contributed by atoms with van der Waals surface area (Å²) in [6, 6.07) is 7.37. The topological polar surface area (TPSA) is 58.2 Å². The Morgan fingerprint density at radius 1 is 1.32 bits per heavy atom. The Kier molecular flexibility index (Phi) is 4.34. The summed E-state index contributed by atoms with van der Waals surface area (Å²) in [6.45, 7) is 3.25. The maximum atomic E-state index is 12.4. The van der Waals surface area contributed by atoms with E-state index in [2.05, 4.69) is 10.2 Å². The highest BCUT2D eigenvalue weighted by Gasteiger charge is 2.26. The van der Waals surface area contributed by atoms with Gasteiger partial charge in [-0.25, -0.2) is 0 Å². The number of hydrogen-bond acceptors (Lipinski definition) is 3. The summed E-state index contributed by atoms with van der Waals surface area (Å²) in [5.41, 5.74) is 1.46. The number of rotatable bonds is 3. The van der Waals surface area contributed by atoms with E-state index < -0.39 is 0 Å². The van der Waals surface area contributed by atoms with Gasteiger partial charge in [-0.3, -0.25) is 9.89 Å². The lowest BCUT2D eigenvalue weighted by Crippen LogP contribution is -2.41. The number of amides is 1. The van der Waals surface area contributed by atoms with Crippen LogP contribution in [0.25, 0.3) is 0 Å². The maximum absolute atomic E-state index is 12.4. The number of hydrogen-bond donors (Lipinski definition) is 1. The van der Waals surface area contributed by atoms with Crippen molar-refractivity contribution in [2.75, 3.05) is 13.1 Å². The Labute approximate surface area is 134 Å². The normalized spacial score (nSPS) is 15.8. The minimum atomic E-state index is 0.0381. The molecule has 1 N–H and O–H groups in total. The smallest absolute Gasteiger partial charge is 0.257 e. The van der Waals surface area contributed by atoms with Gasteiger partial charge in [-0.1, -0.05) is 11.6 Å². The van der Waals surface area contributed by atoms with E-state index in [1.807, 2.05) is 36.1 Å². The molecule has 1 aliphatic heterocycles. The average molecular weight is 320 g/mol. The van der Waals surface area contributed by atoms with Crippen molar-refractivity contribution in [3.8, 4) is 5.75 Å². The number of aromatic amines is 1. The van der Waals surface area contributed by atoms with Crippen molar-refractivity contribution in [2.45, 2.75) is 25.9 Å². The number of likely N-dealkylation sites (tertiary alicyclic amines) is 1. The number of aryl methyl sites for hydroxylation is 1. The van der Waals surface area contributed by atoms with Gasteiger partial charge >= 0.3 is 0 Å². The van der Waals surface area contributed by atoms with Crippen LogP contribution in [0.3, 0.4) is 0 Å². The molecular formula is C16H18ClN3O2. The van der Waals surface area contributed by atoms with Crippen molar-refractivity contribution in [1.29, 1.82) is 0 Å². The number of benzene rings is 1. The van der Waals surface area contributed by atoms with Gasteiger partial charge in [0.15, 0.2) is 0 Å². The molecule has 0 spiro atoms. The first kappa shape index (κ1) is 14.9. The molecule has 1 aliphatic rings. The van der Waals surface area contributed by atoms with E-state index in [1.54, 1.807) is 6.20 Å². The SMILES string of the molecule is Cc1[nH]ncc1C(=O)N1CCC(Oc2ccc(Cl)cc2)CC1. The van der Waals surface area contributed by atoms with E-state index in [9.17, 15) is 4.79 Å². The monoisotopic (exact) mass is 319 g/mol. The van der Waals surface area contributed by atoms with Crippen molar-refractivity contribution in [3.63, 3.8) is 0 Å². The molecule has 22 heavy (non-hydrogen) atoms. The molecule has 1 aromatic heterocycles. The van der Waals surface area contributed by atoms with Crippen LogP contribution in [-0.4, -0.2) is 40.2 Å². The van der Waals surface area contributed by atoms with E-state index in [0.717, 1.165) is 24.3 Å². The van der Waals surface area contributed by atoms with Gasteiger partial charge in [0.25, 0.3) is 5.91 Å². The zero-order chi connectivity index (χ0) is 15.5. The van der Waals surface area contributed by atoms with Crippen molar-refractivity contribution in [3.05, 3.63) is 46.7 Å². The second-order valence-corrected chi connectivity index (χ2v) is 5.91. The molecule has 5 nitrogen and oxygen atoms in total. The number of nitrogens with one attached hydrogen (secondary N) is 1. The number of aromatic nitrogens is 2. The summed E-state index contributed by atoms with van der Waals surface area (Å²) < 4.78 is 5.94. The molecule has 2 heterocycles. The first-order chi connectivity index (χ1) is 10.6. The molecule has 2 aromatic rings. The summed E-state index contributed by atoms with van der Waals surface area (Å²) in [6.07, 6.45) is 3.38. The molecule has 1 aromatic carbocycles. The van der Waals surface area contributed by atoms with E-state index in [1.165, 1.54) is 0 Å². The third-order valence-corrected chi connectivity index (χ3v) is 4.16. The summed E-state index contributed by atoms with van der Waals surface area (Å²) in [7, 11) is 0. The fourth-order valence-corrected chi connectivity index (χ4v) is 2.75. The number of H-pyrrole nitrogens is 1. The predicted octanol–water partition coefficient (Wildman–Crippen LogP) is 3.06. The highest BCUT2D eigenvalue weighted by Crippen LogP contribution is 2.22. The van der Waals surface area contributed by atoms with Gasteiger partial charge in [0.1, 0.15) is 11.9 Å². The van der Waals surface area contributed by atoms with E-state index in [-0.39, 0.29) is 12.0 Å². The molecule has 0 radical (unpaired) electrons. The van der Waals surface area contributed by atoms with Gasteiger partial charge in [-0.15, -0.1) is 0 Å². The lowest BCUT2D eigenvalue weighted by molar-refractivity contribution is 0.0595. The second-order valence-electron chi connectivity index (χ2n) is 5.47. The Hall–Kier alpha value is -2.01. The molecule has 1 amide bonds. The molecule has 0 aliphatic carbocycles. The quantitative estimate of drug-likeness (QED) is 0.946. The van der Waals surface area contributed by atoms with Gasteiger partial charge in [0.2, 0.25) is 0 Å². The molecule has 0 unspecified atom stereocenters. The Bertz CT molecular complexity index is 646. The number of carbonyl (C=O) groups is 1. The van der Waals surface area contributed by atoms with E-state index >= 15 is 0 Å². The van der Waals surface area contributed by atoms with Gasteiger partial charge in [-0.05, 0) is 31.2 Å². The largest absolute Gasteiger partial charge is 0.490 e. The molecule has 3 rings (SSSR count). The highest BCUT2D eigenvalue weighted by atomic mass is 35.5. The van der Waals surface area contributed by atoms with Crippen molar-refractivity contribution < 1.29 is 9.53 Å². The molecule has 0 bridgehead atoms. The van der Waals surface area contributed by atoms with Gasteiger partial charge < -0.3 is 9.64 Å². The summed E-state index contributed by atoms with van der Waals surface area (Å²) >= 11 is 5.86. The van der Waals surface area contributed by atoms with Crippen molar-refractivity contribution in [1.82, 2.24) is 15.1 Å². The number of nitrogens with zero attached hydrogens (tertiary/aromatic N) is 2. The van der Waals surface area contributed by atoms with E-state index in [0.29, 0.717) is 23.7 Å². The van der Waals surface area contributed by atoms with Crippen LogP contribution < -0.4 is 4.74 Å². The van der Waals surface area contributed by atoms with E-state index in [4.69, 9.17) is 16.3 Å². The standard InChI is InChI=1S/C16H18ClN3O2/c1-11-15(10-18-19-11)16(21)20-8-6-14(7-9-20)22-13-4-2-12(17)3-5-13/h2-5,10,14H,6-9H2,1H3,(H,18,19). The van der Waals surface area contributed by atoms with Gasteiger partial charge in [0.05, 0.1) is 11.8 Å². The zero-order valence-electron chi connectivity index (χ0n) is 12.4. The molecule has 0 saturated carbocycles. The summed E-state index contributed by atoms with van der Waals surface area (Å²) in [5.74, 6) is 0.857. The number of piperidine rings is 1. The minimum absolute atomic E-state index is 0.0381. The number of carbonyl (C=O) groups excluding carboxylic acids is 1. The fraction of sp³-hybridized carbons (Fsp3) is 0.375. The minimum Gasteiger partial charge on any atom is -0.490 e. The Morgan fingerprint density at radius 2 is 2.00 bits per heavy atom. The Morgan fingerprint density at radius 3 is 2.59 bits per heavy atom. The second kappa shape index (κ2) is 6.40.